The van der Waals surface area contributed by atoms with Gasteiger partial charge in [-0.1, -0.05) is 23.7 Å². The minimum Gasteiger partial charge on any atom is -0.494 e. The predicted octanol–water partition coefficient (Wildman–Crippen LogP) is 4.13. The summed E-state index contributed by atoms with van der Waals surface area (Å²) in [7, 11) is 0. The molecule has 2 aromatic carbocycles. The van der Waals surface area contributed by atoms with Gasteiger partial charge in [-0.05, 0) is 49.7 Å². The van der Waals surface area contributed by atoms with Crippen LogP contribution in [0.1, 0.15) is 25.5 Å². The molecule has 0 saturated heterocycles. The molecule has 4 nitrogen and oxygen atoms in total. The third kappa shape index (κ3) is 5.13. The topological polar surface area (TPSA) is 47.6 Å². The Morgan fingerprint density at radius 1 is 1.21 bits per heavy atom. The molecule has 0 aliphatic rings. The second-order valence-electron chi connectivity index (χ2n) is 5.15. The molecule has 0 radical (unpaired) electrons. The smallest absolute Gasteiger partial charge is 0.258 e. The Balaban J connectivity index is 1.87. The summed E-state index contributed by atoms with van der Waals surface area (Å²) in [6, 6.07) is 11.1. The van der Waals surface area contributed by atoms with Crippen molar-refractivity contribution in [3.05, 3.63) is 58.9 Å². The number of hydrogen-bond donors (Lipinski definition) is 1. The maximum Gasteiger partial charge on any atom is 0.258 e. The second-order valence-corrected chi connectivity index (χ2v) is 5.56. The van der Waals surface area contributed by atoms with Crippen LogP contribution in [0.3, 0.4) is 0 Å². The third-order valence-electron chi connectivity index (χ3n) is 3.32. The molecule has 1 atom stereocenters. The summed E-state index contributed by atoms with van der Waals surface area (Å²) >= 11 is 5.85. The van der Waals surface area contributed by atoms with E-state index in [2.05, 4.69) is 5.32 Å². The van der Waals surface area contributed by atoms with Gasteiger partial charge in [0.2, 0.25) is 0 Å². The highest BCUT2D eigenvalue weighted by molar-refractivity contribution is 6.32. The molecule has 0 aliphatic carbocycles. The normalized spacial score (nSPS) is 11.7. The van der Waals surface area contributed by atoms with Gasteiger partial charge < -0.3 is 14.8 Å². The van der Waals surface area contributed by atoms with Gasteiger partial charge in [0.1, 0.15) is 17.3 Å². The van der Waals surface area contributed by atoms with Gasteiger partial charge in [-0.2, -0.15) is 0 Å². The number of ether oxygens (including phenoxy) is 2. The molecule has 6 heteroatoms. The SMILES string of the molecule is CCOc1ccc([C@H](C)NC(=O)COc2ccc(F)cc2Cl)cc1. The Labute approximate surface area is 145 Å². The Hall–Kier alpha value is -2.27. The predicted molar refractivity (Wildman–Crippen MR) is 91.1 cm³/mol. The van der Waals surface area contributed by atoms with Crippen molar-refractivity contribution in [3.63, 3.8) is 0 Å². The number of nitrogens with one attached hydrogen (secondary N) is 1. The van der Waals surface area contributed by atoms with Gasteiger partial charge in [0.15, 0.2) is 6.61 Å². The van der Waals surface area contributed by atoms with Crippen molar-refractivity contribution in [2.24, 2.45) is 0 Å². The zero-order valence-electron chi connectivity index (χ0n) is 13.5. The number of amides is 1. The van der Waals surface area contributed by atoms with Gasteiger partial charge in [0.25, 0.3) is 5.91 Å². The first-order valence-electron chi connectivity index (χ1n) is 7.59. The van der Waals surface area contributed by atoms with Crippen molar-refractivity contribution in [2.75, 3.05) is 13.2 Å². The first kappa shape index (κ1) is 18.1. The van der Waals surface area contributed by atoms with Crippen LogP contribution in [-0.4, -0.2) is 19.1 Å². The average Bonchev–Trinajstić information content (AvgIpc) is 2.55. The molecular formula is C18H19ClFNO3. The number of hydrogen-bond acceptors (Lipinski definition) is 3. The van der Waals surface area contributed by atoms with E-state index in [0.29, 0.717) is 6.61 Å². The zero-order chi connectivity index (χ0) is 17.5. The fourth-order valence-corrected chi connectivity index (χ4v) is 2.34. The summed E-state index contributed by atoms with van der Waals surface area (Å²) in [5.41, 5.74) is 0.951. The Morgan fingerprint density at radius 2 is 1.92 bits per heavy atom. The van der Waals surface area contributed by atoms with Crippen LogP contribution in [0.4, 0.5) is 4.39 Å². The standard InChI is InChI=1S/C18H19ClFNO3/c1-3-23-15-7-4-13(5-8-15)12(2)21-18(22)11-24-17-9-6-14(20)10-16(17)19/h4-10,12H,3,11H2,1-2H3,(H,21,22)/t12-/m0/s1. The fourth-order valence-electron chi connectivity index (χ4n) is 2.12. The van der Waals surface area contributed by atoms with Crippen LogP contribution < -0.4 is 14.8 Å². The Morgan fingerprint density at radius 3 is 2.54 bits per heavy atom. The molecule has 128 valence electrons. The molecule has 24 heavy (non-hydrogen) atoms. The van der Waals surface area contributed by atoms with Gasteiger partial charge in [-0.3, -0.25) is 4.79 Å². The first-order chi connectivity index (χ1) is 11.5. The van der Waals surface area contributed by atoms with Gasteiger partial charge in [-0.15, -0.1) is 0 Å². The first-order valence-corrected chi connectivity index (χ1v) is 7.97. The van der Waals surface area contributed by atoms with Crippen molar-refractivity contribution >= 4 is 17.5 Å². The quantitative estimate of drug-likeness (QED) is 0.815. The van der Waals surface area contributed by atoms with Crippen LogP contribution in [-0.2, 0) is 4.79 Å². The van der Waals surface area contributed by atoms with Gasteiger partial charge in [0.05, 0.1) is 17.7 Å². The third-order valence-corrected chi connectivity index (χ3v) is 3.62. The van der Waals surface area contributed by atoms with Gasteiger partial charge in [0, 0.05) is 0 Å². The molecule has 0 fully saturated rings. The molecule has 1 amide bonds. The maximum absolute atomic E-state index is 13.0. The summed E-state index contributed by atoms with van der Waals surface area (Å²) in [6.45, 7) is 4.20. The number of benzene rings is 2. The molecule has 1 N–H and O–H groups in total. The van der Waals surface area contributed by atoms with E-state index in [4.69, 9.17) is 21.1 Å². The van der Waals surface area contributed by atoms with Crippen molar-refractivity contribution < 1.29 is 18.7 Å². The molecule has 2 aromatic rings. The van der Waals surface area contributed by atoms with Crippen LogP contribution in [0, 0.1) is 5.82 Å². The van der Waals surface area contributed by atoms with Crippen molar-refractivity contribution in [3.8, 4) is 11.5 Å². The van der Waals surface area contributed by atoms with E-state index in [0.717, 1.165) is 17.4 Å². The molecule has 0 spiro atoms. The van der Waals surface area contributed by atoms with E-state index in [1.165, 1.54) is 12.1 Å². The molecule has 0 heterocycles. The van der Waals surface area contributed by atoms with Gasteiger partial charge >= 0.3 is 0 Å². The molecular weight excluding hydrogens is 333 g/mol. The lowest BCUT2D eigenvalue weighted by atomic mass is 10.1. The zero-order valence-corrected chi connectivity index (χ0v) is 14.3. The lowest BCUT2D eigenvalue weighted by Gasteiger charge is -2.15. The summed E-state index contributed by atoms with van der Waals surface area (Å²) < 4.78 is 23.6. The Kier molecular flexibility index (Phi) is 6.44. The number of halogens is 2. The van der Waals surface area contributed by atoms with E-state index < -0.39 is 5.82 Å². The van der Waals surface area contributed by atoms with Crippen molar-refractivity contribution in [2.45, 2.75) is 19.9 Å². The summed E-state index contributed by atoms with van der Waals surface area (Å²) in [4.78, 5) is 12.0. The lowest BCUT2D eigenvalue weighted by Crippen LogP contribution is -2.31. The van der Waals surface area contributed by atoms with Crippen LogP contribution in [0.2, 0.25) is 5.02 Å². The molecule has 0 bridgehead atoms. The number of carbonyl (C=O) groups excluding carboxylic acids is 1. The number of rotatable bonds is 7. The minimum atomic E-state index is -0.457. The highest BCUT2D eigenvalue weighted by Crippen LogP contribution is 2.24. The minimum absolute atomic E-state index is 0.127. The molecule has 0 saturated carbocycles. The largest absolute Gasteiger partial charge is 0.494 e. The van der Waals surface area contributed by atoms with E-state index in [-0.39, 0.29) is 29.3 Å². The van der Waals surface area contributed by atoms with Crippen LogP contribution in [0.5, 0.6) is 11.5 Å². The average molecular weight is 352 g/mol. The summed E-state index contributed by atoms with van der Waals surface area (Å²) in [6.07, 6.45) is 0. The number of carbonyl (C=O) groups is 1. The highest BCUT2D eigenvalue weighted by atomic mass is 35.5. The van der Waals surface area contributed by atoms with E-state index in [9.17, 15) is 9.18 Å². The fraction of sp³-hybridized carbons (Fsp3) is 0.278. The lowest BCUT2D eigenvalue weighted by molar-refractivity contribution is -0.123. The summed E-state index contributed by atoms with van der Waals surface area (Å²) in [5, 5.41) is 2.95. The Bertz CT molecular complexity index is 691. The van der Waals surface area contributed by atoms with Crippen molar-refractivity contribution in [1.82, 2.24) is 5.32 Å². The summed E-state index contributed by atoms with van der Waals surface area (Å²) in [5.74, 6) is 0.300. The van der Waals surface area contributed by atoms with Crippen molar-refractivity contribution in [1.29, 1.82) is 0 Å². The van der Waals surface area contributed by atoms with Gasteiger partial charge in [-0.25, -0.2) is 4.39 Å². The molecule has 0 aliphatic heterocycles. The van der Waals surface area contributed by atoms with Crippen LogP contribution >= 0.6 is 11.6 Å². The maximum atomic E-state index is 13.0. The van der Waals surface area contributed by atoms with E-state index in [1.54, 1.807) is 0 Å². The van der Waals surface area contributed by atoms with E-state index >= 15 is 0 Å². The monoisotopic (exact) mass is 351 g/mol. The van der Waals surface area contributed by atoms with Crippen LogP contribution in [0.25, 0.3) is 0 Å². The molecule has 0 unspecified atom stereocenters. The van der Waals surface area contributed by atoms with E-state index in [1.807, 2.05) is 38.1 Å². The second kappa shape index (κ2) is 8.55. The molecule has 2 rings (SSSR count). The highest BCUT2D eigenvalue weighted by Gasteiger charge is 2.11. The van der Waals surface area contributed by atoms with Crippen LogP contribution in [0.15, 0.2) is 42.5 Å². The molecule has 0 aromatic heterocycles.